The first-order valence-corrected chi connectivity index (χ1v) is 9.56. The van der Waals surface area contributed by atoms with Crippen LogP contribution in [0.1, 0.15) is 20.9 Å². The predicted octanol–water partition coefficient (Wildman–Crippen LogP) is 3.17. The lowest BCUT2D eigenvalue weighted by atomic mass is 10.1. The third-order valence-electron chi connectivity index (χ3n) is 4.16. The van der Waals surface area contributed by atoms with Crippen molar-refractivity contribution in [2.45, 2.75) is 13.0 Å². The van der Waals surface area contributed by atoms with Gasteiger partial charge in [-0.25, -0.2) is 4.98 Å². The van der Waals surface area contributed by atoms with Crippen LogP contribution in [0.3, 0.4) is 0 Å². The molecule has 7 nitrogen and oxygen atoms in total. The summed E-state index contributed by atoms with van der Waals surface area (Å²) in [6, 6.07) is 1.61. The molecule has 1 aromatic heterocycles. The number of carbonyl (C=O) groups excluding carboxylic acids is 1. The first kappa shape index (κ1) is 18.9. The first-order valence-electron chi connectivity index (χ1n) is 7.95. The summed E-state index contributed by atoms with van der Waals surface area (Å²) in [6.45, 7) is 1.83. The van der Waals surface area contributed by atoms with Crippen LogP contribution >= 0.6 is 27.3 Å². The number of amides is 1. The van der Waals surface area contributed by atoms with Gasteiger partial charge in [-0.1, -0.05) is 0 Å². The number of benzene rings is 1. The van der Waals surface area contributed by atoms with Crippen LogP contribution in [0.15, 0.2) is 10.5 Å². The summed E-state index contributed by atoms with van der Waals surface area (Å²) in [6.07, 6.45) is 0.895. The number of methoxy groups -OCH3 is 3. The van der Waals surface area contributed by atoms with Gasteiger partial charge in [0.1, 0.15) is 0 Å². The first-order chi connectivity index (χ1) is 12.5. The zero-order chi connectivity index (χ0) is 18.8. The highest BCUT2D eigenvalue weighted by Gasteiger charge is 2.24. The third-order valence-corrected chi connectivity index (χ3v) is 5.94. The summed E-state index contributed by atoms with van der Waals surface area (Å²) >= 11 is 4.94. The molecule has 0 radical (unpaired) electrons. The van der Waals surface area contributed by atoms with Crippen molar-refractivity contribution < 1.29 is 19.0 Å². The third kappa shape index (κ3) is 3.51. The van der Waals surface area contributed by atoms with Crippen LogP contribution in [-0.2, 0) is 13.0 Å². The number of nitrogens with zero attached hydrogens (tertiary/aromatic N) is 2. The van der Waals surface area contributed by atoms with E-state index < -0.39 is 0 Å². The van der Waals surface area contributed by atoms with Crippen molar-refractivity contribution in [3.63, 3.8) is 0 Å². The molecule has 0 bridgehead atoms. The Morgan fingerprint density at radius 3 is 2.65 bits per heavy atom. The summed E-state index contributed by atoms with van der Waals surface area (Å²) in [5, 5.41) is 3.47. The van der Waals surface area contributed by atoms with Gasteiger partial charge in [0, 0.05) is 24.4 Å². The van der Waals surface area contributed by atoms with Crippen molar-refractivity contribution in [2.24, 2.45) is 0 Å². The van der Waals surface area contributed by atoms with E-state index in [4.69, 9.17) is 14.2 Å². The molecule has 0 saturated carbocycles. The van der Waals surface area contributed by atoms with E-state index in [9.17, 15) is 4.79 Å². The maximum atomic E-state index is 12.8. The summed E-state index contributed by atoms with van der Waals surface area (Å²) in [4.78, 5) is 20.8. The molecule has 1 amide bonds. The largest absolute Gasteiger partial charge is 0.493 e. The lowest BCUT2D eigenvalue weighted by molar-refractivity contribution is 0.102. The van der Waals surface area contributed by atoms with E-state index in [1.807, 2.05) is 0 Å². The van der Waals surface area contributed by atoms with Crippen LogP contribution in [0, 0.1) is 0 Å². The van der Waals surface area contributed by atoms with Crippen LogP contribution in [0.25, 0.3) is 0 Å². The van der Waals surface area contributed by atoms with Crippen molar-refractivity contribution in [3.05, 3.63) is 26.7 Å². The summed E-state index contributed by atoms with van der Waals surface area (Å²) in [7, 11) is 6.62. The normalized spacial score (nSPS) is 13.9. The van der Waals surface area contributed by atoms with Gasteiger partial charge >= 0.3 is 0 Å². The number of ether oxygens (including phenoxy) is 3. The molecule has 0 aliphatic carbocycles. The van der Waals surface area contributed by atoms with E-state index in [-0.39, 0.29) is 5.91 Å². The number of hydrogen-bond donors (Lipinski definition) is 1. The number of anilines is 1. The van der Waals surface area contributed by atoms with Crippen molar-refractivity contribution in [1.82, 2.24) is 9.88 Å². The molecule has 0 spiro atoms. The average Bonchev–Trinajstić information content (AvgIpc) is 3.02. The molecule has 1 aliphatic rings. The molecule has 140 valence electrons. The van der Waals surface area contributed by atoms with Gasteiger partial charge in [-0.2, -0.15) is 0 Å². The van der Waals surface area contributed by atoms with Crippen LogP contribution in [0.2, 0.25) is 0 Å². The van der Waals surface area contributed by atoms with Gasteiger partial charge in [0.05, 0.1) is 37.1 Å². The number of halogens is 1. The topological polar surface area (TPSA) is 72.9 Å². The highest BCUT2D eigenvalue weighted by Crippen LogP contribution is 2.45. The fraction of sp³-hybridized carbons (Fsp3) is 0.412. The second-order valence-corrected chi connectivity index (χ2v) is 7.71. The van der Waals surface area contributed by atoms with Crippen molar-refractivity contribution in [2.75, 3.05) is 40.2 Å². The zero-order valence-electron chi connectivity index (χ0n) is 15.0. The lowest BCUT2D eigenvalue weighted by Gasteiger charge is -2.20. The average molecular weight is 442 g/mol. The maximum Gasteiger partial charge on any atom is 0.258 e. The quantitative estimate of drug-likeness (QED) is 0.767. The lowest BCUT2D eigenvalue weighted by Crippen LogP contribution is -2.25. The van der Waals surface area contributed by atoms with E-state index in [1.54, 1.807) is 6.07 Å². The number of hydrogen-bond acceptors (Lipinski definition) is 7. The van der Waals surface area contributed by atoms with Gasteiger partial charge in [-0.3, -0.25) is 10.1 Å². The number of thiazole rings is 1. The number of fused-ring (bicyclic) bond motifs is 1. The minimum absolute atomic E-state index is 0.296. The Kier molecular flexibility index (Phi) is 5.69. The molecular formula is C17H20BrN3O4S. The Morgan fingerprint density at radius 1 is 1.27 bits per heavy atom. The number of rotatable bonds is 5. The van der Waals surface area contributed by atoms with Crippen LogP contribution in [0.5, 0.6) is 17.2 Å². The Balaban J connectivity index is 1.91. The van der Waals surface area contributed by atoms with Crippen molar-refractivity contribution in [1.29, 1.82) is 0 Å². The zero-order valence-corrected chi connectivity index (χ0v) is 17.4. The van der Waals surface area contributed by atoms with Crippen molar-refractivity contribution in [3.8, 4) is 17.2 Å². The van der Waals surface area contributed by atoms with Crippen LogP contribution in [0.4, 0.5) is 5.13 Å². The number of carbonyl (C=O) groups is 1. The molecule has 1 aromatic carbocycles. The van der Waals surface area contributed by atoms with Gasteiger partial charge in [0.2, 0.25) is 5.75 Å². The van der Waals surface area contributed by atoms with Crippen molar-refractivity contribution >= 4 is 38.3 Å². The molecule has 26 heavy (non-hydrogen) atoms. The maximum absolute atomic E-state index is 12.8. The van der Waals surface area contributed by atoms with E-state index >= 15 is 0 Å². The second kappa shape index (κ2) is 7.81. The molecular weight excluding hydrogens is 422 g/mol. The highest BCUT2D eigenvalue weighted by atomic mass is 79.9. The van der Waals surface area contributed by atoms with Gasteiger partial charge < -0.3 is 19.1 Å². The molecule has 3 rings (SSSR count). The summed E-state index contributed by atoms with van der Waals surface area (Å²) in [5.41, 5.74) is 1.44. The summed E-state index contributed by atoms with van der Waals surface area (Å²) < 4.78 is 16.5. The molecule has 0 saturated heterocycles. The molecule has 0 atom stereocenters. The van der Waals surface area contributed by atoms with Gasteiger partial charge in [-0.05, 0) is 29.0 Å². The molecule has 1 N–H and O–H groups in total. The smallest absolute Gasteiger partial charge is 0.258 e. The standard InChI is InChI=1S/C17H20BrN3O4S/c1-21-6-5-10-12(8-21)26-17(19-10)20-16(22)9-7-11(23-2)14(24-3)15(25-4)13(9)18/h7H,5-6,8H2,1-4H3,(H,19,20,22). The van der Waals surface area contributed by atoms with E-state index in [2.05, 4.69) is 38.2 Å². The fourth-order valence-electron chi connectivity index (χ4n) is 2.83. The second-order valence-electron chi connectivity index (χ2n) is 5.84. The SMILES string of the molecule is COc1cc(C(=O)Nc2nc3c(s2)CN(C)CC3)c(Br)c(OC)c1OC. The van der Waals surface area contributed by atoms with Gasteiger partial charge in [0.15, 0.2) is 16.6 Å². The molecule has 0 fully saturated rings. The molecule has 1 aliphatic heterocycles. The highest BCUT2D eigenvalue weighted by molar-refractivity contribution is 9.10. The van der Waals surface area contributed by atoms with Crippen LogP contribution < -0.4 is 19.5 Å². The van der Waals surface area contributed by atoms with E-state index in [0.29, 0.717) is 32.4 Å². The molecule has 2 heterocycles. The fourth-order valence-corrected chi connectivity index (χ4v) is 4.55. The molecule has 0 unspecified atom stereocenters. The Bertz CT molecular complexity index is 840. The van der Waals surface area contributed by atoms with E-state index in [0.717, 1.165) is 25.2 Å². The Hall–Kier alpha value is -1.84. The Labute approximate surface area is 164 Å². The summed E-state index contributed by atoms with van der Waals surface area (Å²) in [5.74, 6) is 0.941. The van der Waals surface area contributed by atoms with E-state index in [1.165, 1.54) is 37.5 Å². The number of likely N-dealkylation sites (N-methyl/N-ethyl adjacent to an activating group) is 1. The van der Waals surface area contributed by atoms with Gasteiger partial charge in [-0.15, -0.1) is 11.3 Å². The minimum atomic E-state index is -0.296. The monoisotopic (exact) mass is 441 g/mol. The Morgan fingerprint density at radius 2 is 2.00 bits per heavy atom. The van der Waals surface area contributed by atoms with Gasteiger partial charge in [0.25, 0.3) is 5.91 Å². The predicted molar refractivity (Wildman–Crippen MR) is 104 cm³/mol. The number of nitrogens with one attached hydrogen (secondary N) is 1. The molecule has 2 aromatic rings. The van der Waals surface area contributed by atoms with Crippen LogP contribution in [-0.4, -0.2) is 50.7 Å². The minimum Gasteiger partial charge on any atom is -0.493 e. The number of aromatic nitrogens is 1. The molecule has 9 heteroatoms.